The van der Waals surface area contributed by atoms with Crippen LogP contribution in [0, 0.1) is 0 Å². The molecule has 2 N–H and O–H groups in total. The summed E-state index contributed by atoms with van der Waals surface area (Å²) in [4.78, 5) is 4.53. The van der Waals surface area contributed by atoms with Crippen LogP contribution in [0.1, 0.15) is 50.3 Å². The highest BCUT2D eigenvalue weighted by molar-refractivity contribution is 5.79. The molecule has 1 aromatic carbocycles. The Morgan fingerprint density at radius 3 is 2.73 bits per heavy atom. The summed E-state index contributed by atoms with van der Waals surface area (Å²) < 4.78 is 11.2. The van der Waals surface area contributed by atoms with Crippen LogP contribution < -0.4 is 10.6 Å². The number of aryl methyl sites for hydroxylation is 1. The van der Waals surface area contributed by atoms with Gasteiger partial charge in [-0.15, -0.1) is 0 Å². The molecule has 0 aliphatic carbocycles. The standard InChI is InChI=1S/C20H30N4O2/c1-4-18-14-19(26-24-18)15-23-20(21-5-2)22-12-9-13-25-16(3)17-10-7-6-8-11-17/h6-8,10-11,14,16H,4-5,9,12-13,15H2,1-3H3,(H2,21,22,23). The van der Waals surface area contributed by atoms with Crippen LogP contribution in [0.15, 0.2) is 45.9 Å². The van der Waals surface area contributed by atoms with Crippen LogP contribution in [0.2, 0.25) is 0 Å². The second-order valence-electron chi connectivity index (χ2n) is 6.04. The third-order valence-electron chi connectivity index (χ3n) is 3.96. The van der Waals surface area contributed by atoms with Crippen molar-refractivity contribution in [1.82, 2.24) is 15.8 Å². The van der Waals surface area contributed by atoms with Gasteiger partial charge in [0.2, 0.25) is 0 Å². The minimum atomic E-state index is 0.109. The van der Waals surface area contributed by atoms with Crippen molar-refractivity contribution in [1.29, 1.82) is 0 Å². The number of guanidine groups is 1. The lowest BCUT2D eigenvalue weighted by atomic mass is 10.1. The van der Waals surface area contributed by atoms with Crippen molar-refractivity contribution >= 4 is 5.96 Å². The Hall–Kier alpha value is -2.34. The number of rotatable bonds is 10. The van der Waals surface area contributed by atoms with Crippen LogP contribution in [0.5, 0.6) is 0 Å². The first kappa shape index (κ1) is 20.0. The molecular weight excluding hydrogens is 328 g/mol. The van der Waals surface area contributed by atoms with E-state index in [0.717, 1.165) is 43.3 Å². The number of aromatic nitrogens is 1. The summed E-state index contributed by atoms with van der Waals surface area (Å²) >= 11 is 0. The second kappa shape index (κ2) is 11.3. The summed E-state index contributed by atoms with van der Waals surface area (Å²) in [7, 11) is 0. The van der Waals surface area contributed by atoms with Crippen molar-refractivity contribution in [3.63, 3.8) is 0 Å². The lowest BCUT2D eigenvalue weighted by Crippen LogP contribution is -2.38. The molecule has 0 bridgehead atoms. The molecule has 0 saturated heterocycles. The molecule has 0 saturated carbocycles. The first-order valence-corrected chi connectivity index (χ1v) is 9.36. The van der Waals surface area contributed by atoms with Crippen LogP contribution in [0.3, 0.4) is 0 Å². The molecule has 0 amide bonds. The van der Waals surface area contributed by atoms with E-state index in [2.05, 4.69) is 46.8 Å². The third-order valence-corrected chi connectivity index (χ3v) is 3.96. The van der Waals surface area contributed by atoms with Crippen LogP contribution >= 0.6 is 0 Å². The molecule has 6 nitrogen and oxygen atoms in total. The zero-order valence-corrected chi connectivity index (χ0v) is 16.0. The molecule has 0 aliphatic heterocycles. The SMILES string of the molecule is CCNC(=NCc1cc(CC)no1)NCCCOC(C)c1ccccc1. The number of benzene rings is 1. The van der Waals surface area contributed by atoms with Crippen molar-refractivity contribution in [3.05, 3.63) is 53.4 Å². The summed E-state index contributed by atoms with van der Waals surface area (Å²) in [5.74, 6) is 1.55. The van der Waals surface area contributed by atoms with Gasteiger partial charge in [0.1, 0.15) is 6.54 Å². The van der Waals surface area contributed by atoms with E-state index < -0.39 is 0 Å². The van der Waals surface area contributed by atoms with E-state index in [9.17, 15) is 0 Å². The number of hydrogen-bond donors (Lipinski definition) is 2. The smallest absolute Gasteiger partial charge is 0.191 e. The predicted octanol–water partition coefficient (Wildman–Crippen LogP) is 3.46. The minimum absolute atomic E-state index is 0.109. The normalized spacial score (nSPS) is 12.8. The summed E-state index contributed by atoms with van der Waals surface area (Å²) in [6.45, 7) is 8.96. The molecule has 0 aliphatic rings. The van der Waals surface area contributed by atoms with Gasteiger partial charge in [-0.1, -0.05) is 42.4 Å². The van der Waals surface area contributed by atoms with Gasteiger partial charge >= 0.3 is 0 Å². The van der Waals surface area contributed by atoms with Crippen molar-refractivity contribution in [2.24, 2.45) is 4.99 Å². The third kappa shape index (κ3) is 6.88. The van der Waals surface area contributed by atoms with Crippen LogP contribution in [0.4, 0.5) is 0 Å². The molecule has 0 spiro atoms. The summed E-state index contributed by atoms with van der Waals surface area (Å²) in [6.07, 6.45) is 1.88. The quantitative estimate of drug-likeness (QED) is 0.387. The average Bonchev–Trinajstić information content (AvgIpc) is 3.14. The Balaban J connectivity index is 1.69. The summed E-state index contributed by atoms with van der Waals surface area (Å²) in [5.41, 5.74) is 2.16. The van der Waals surface area contributed by atoms with Crippen LogP contribution in [0.25, 0.3) is 0 Å². The van der Waals surface area contributed by atoms with Gasteiger partial charge in [-0.2, -0.15) is 0 Å². The average molecular weight is 358 g/mol. The van der Waals surface area contributed by atoms with E-state index in [1.165, 1.54) is 5.56 Å². The summed E-state index contributed by atoms with van der Waals surface area (Å²) in [6, 6.07) is 12.2. The molecule has 26 heavy (non-hydrogen) atoms. The van der Waals surface area contributed by atoms with Gasteiger partial charge < -0.3 is 19.9 Å². The highest BCUT2D eigenvalue weighted by atomic mass is 16.5. The van der Waals surface area contributed by atoms with Crippen molar-refractivity contribution in [2.45, 2.75) is 46.3 Å². The molecule has 0 radical (unpaired) electrons. The maximum absolute atomic E-state index is 5.89. The van der Waals surface area contributed by atoms with Gasteiger partial charge in [-0.25, -0.2) is 4.99 Å². The molecule has 2 aromatic rings. The number of nitrogens with zero attached hydrogens (tertiary/aromatic N) is 2. The molecule has 1 atom stereocenters. The molecule has 0 fully saturated rings. The molecule has 1 aromatic heterocycles. The fourth-order valence-corrected chi connectivity index (χ4v) is 2.45. The monoisotopic (exact) mass is 358 g/mol. The van der Waals surface area contributed by atoms with Gasteiger partial charge in [0.05, 0.1) is 11.8 Å². The number of ether oxygens (including phenoxy) is 1. The molecule has 142 valence electrons. The Bertz CT molecular complexity index is 655. The lowest BCUT2D eigenvalue weighted by molar-refractivity contribution is 0.0646. The Morgan fingerprint density at radius 2 is 2.04 bits per heavy atom. The van der Waals surface area contributed by atoms with Crippen molar-refractivity contribution in [2.75, 3.05) is 19.7 Å². The Morgan fingerprint density at radius 1 is 1.23 bits per heavy atom. The van der Waals surface area contributed by atoms with Gasteiger partial charge in [0, 0.05) is 25.8 Å². The van der Waals surface area contributed by atoms with Crippen LogP contribution in [-0.2, 0) is 17.7 Å². The molecule has 1 unspecified atom stereocenters. The zero-order chi connectivity index (χ0) is 18.6. The minimum Gasteiger partial charge on any atom is -0.374 e. The molecule has 2 rings (SSSR count). The fraction of sp³-hybridized carbons (Fsp3) is 0.500. The summed E-state index contributed by atoms with van der Waals surface area (Å²) in [5, 5.41) is 10.5. The van der Waals surface area contributed by atoms with E-state index in [1.807, 2.05) is 31.2 Å². The highest BCUT2D eigenvalue weighted by Crippen LogP contribution is 2.15. The van der Waals surface area contributed by atoms with Crippen molar-refractivity contribution < 1.29 is 9.26 Å². The van der Waals surface area contributed by atoms with Gasteiger partial charge in [0.25, 0.3) is 0 Å². The molecule has 6 heteroatoms. The van der Waals surface area contributed by atoms with Gasteiger partial charge in [0.15, 0.2) is 11.7 Å². The van der Waals surface area contributed by atoms with Crippen molar-refractivity contribution in [3.8, 4) is 0 Å². The first-order chi connectivity index (χ1) is 12.7. The Labute approximate surface area is 156 Å². The van der Waals surface area contributed by atoms with Gasteiger partial charge in [-0.05, 0) is 32.3 Å². The van der Waals surface area contributed by atoms with E-state index in [-0.39, 0.29) is 6.10 Å². The van der Waals surface area contributed by atoms with Gasteiger partial charge in [-0.3, -0.25) is 0 Å². The van der Waals surface area contributed by atoms with E-state index in [0.29, 0.717) is 13.2 Å². The number of aliphatic imine (C=N–C) groups is 1. The molecular formula is C20H30N4O2. The Kier molecular flexibility index (Phi) is 8.69. The largest absolute Gasteiger partial charge is 0.374 e. The maximum atomic E-state index is 5.89. The fourth-order valence-electron chi connectivity index (χ4n) is 2.45. The zero-order valence-electron chi connectivity index (χ0n) is 16.0. The predicted molar refractivity (Wildman–Crippen MR) is 104 cm³/mol. The topological polar surface area (TPSA) is 71.7 Å². The molecule has 1 heterocycles. The lowest BCUT2D eigenvalue weighted by Gasteiger charge is -2.14. The van der Waals surface area contributed by atoms with E-state index >= 15 is 0 Å². The number of hydrogen-bond acceptors (Lipinski definition) is 4. The highest BCUT2D eigenvalue weighted by Gasteiger charge is 2.05. The van der Waals surface area contributed by atoms with E-state index in [4.69, 9.17) is 9.26 Å². The first-order valence-electron chi connectivity index (χ1n) is 9.36. The van der Waals surface area contributed by atoms with E-state index in [1.54, 1.807) is 0 Å². The maximum Gasteiger partial charge on any atom is 0.191 e. The second-order valence-corrected chi connectivity index (χ2v) is 6.04. The number of nitrogens with one attached hydrogen (secondary N) is 2. The van der Waals surface area contributed by atoms with Crippen LogP contribution in [-0.4, -0.2) is 30.8 Å².